The summed E-state index contributed by atoms with van der Waals surface area (Å²) in [5.41, 5.74) is 3.36. The fourth-order valence-electron chi connectivity index (χ4n) is 4.13. The van der Waals surface area contributed by atoms with Gasteiger partial charge in [0.25, 0.3) is 5.91 Å². The number of nitrogens with one attached hydrogen (secondary N) is 2. The first-order valence-electron chi connectivity index (χ1n) is 12.5. The van der Waals surface area contributed by atoms with Crippen LogP contribution in [0.4, 0.5) is 0 Å². The van der Waals surface area contributed by atoms with Crippen molar-refractivity contribution in [3.8, 4) is 22.6 Å². The summed E-state index contributed by atoms with van der Waals surface area (Å²) in [5, 5.41) is 14.1. The number of hydrogen-bond acceptors (Lipinski definition) is 6. The minimum absolute atomic E-state index is 0.0479. The predicted octanol–water partition coefficient (Wildman–Crippen LogP) is 3.69. The standard InChI is InChI=1S/C27H33N7O3/c1-28-25(35)8-6-4-5-7-21(15-29-26(36)22-16-31-34(3)18-22)27-30-17-24(37-27)20-11-9-19(10-12-20)23-13-14-33(2)32-23/h9-14,16-18,21H,4-8,15H2,1-3H3,(H,28,35)(H,29,36). The van der Waals surface area contributed by atoms with Crippen LogP contribution >= 0.6 is 0 Å². The summed E-state index contributed by atoms with van der Waals surface area (Å²) in [5.74, 6) is 1.02. The summed E-state index contributed by atoms with van der Waals surface area (Å²) in [7, 11) is 5.32. The Kier molecular flexibility index (Phi) is 8.50. The average molecular weight is 504 g/mol. The van der Waals surface area contributed by atoms with Gasteiger partial charge in [-0.25, -0.2) is 4.98 Å². The van der Waals surface area contributed by atoms with Gasteiger partial charge >= 0.3 is 0 Å². The topological polar surface area (TPSA) is 120 Å². The Bertz CT molecular complexity index is 1320. The van der Waals surface area contributed by atoms with Gasteiger partial charge in [-0.1, -0.05) is 37.1 Å². The number of amides is 2. The van der Waals surface area contributed by atoms with E-state index in [-0.39, 0.29) is 17.7 Å². The zero-order valence-electron chi connectivity index (χ0n) is 21.5. The van der Waals surface area contributed by atoms with E-state index in [1.807, 2.05) is 43.6 Å². The van der Waals surface area contributed by atoms with E-state index in [0.29, 0.717) is 30.2 Å². The highest BCUT2D eigenvalue weighted by Crippen LogP contribution is 2.28. The fourth-order valence-corrected chi connectivity index (χ4v) is 4.13. The zero-order valence-corrected chi connectivity index (χ0v) is 21.5. The van der Waals surface area contributed by atoms with Gasteiger partial charge < -0.3 is 15.1 Å². The van der Waals surface area contributed by atoms with Crippen LogP contribution in [0, 0.1) is 0 Å². The highest BCUT2D eigenvalue weighted by Gasteiger charge is 2.20. The minimum atomic E-state index is -0.186. The maximum absolute atomic E-state index is 12.6. The number of aryl methyl sites for hydroxylation is 2. The van der Waals surface area contributed by atoms with Crippen molar-refractivity contribution in [1.29, 1.82) is 0 Å². The van der Waals surface area contributed by atoms with Crippen molar-refractivity contribution in [2.45, 2.75) is 38.0 Å². The van der Waals surface area contributed by atoms with Gasteiger partial charge in [-0.3, -0.25) is 19.0 Å². The van der Waals surface area contributed by atoms with E-state index in [4.69, 9.17) is 4.42 Å². The Morgan fingerprint density at radius 2 is 1.78 bits per heavy atom. The number of nitrogens with zero attached hydrogens (tertiary/aromatic N) is 5. The molecule has 2 amide bonds. The molecule has 10 nitrogen and oxygen atoms in total. The van der Waals surface area contributed by atoms with Crippen LogP contribution in [-0.2, 0) is 18.9 Å². The Morgan fingerprint density at radius 1 is 1.00 bits per heavy atom. The molecule has 10 heteroatoms. The van der Waals surface area contributed by atoms with Gasteiger partial charge in [-0.15, -0.1) is 0 Å². The molecule has 0 radical (unpaired) electrons. The Balaban J connectivity index is 1.43. The molecule has 0 aliphatic heterocycles. The fraction of sp³-hybridized carbons (Fsp3) is 0.370. The van der Waals surface area contributed by atoms with E-state index >= 15 is 0 Å². The van der Waals surface area contributed by atoms with E-state index in [1.54, 1.807) is 42.0 Å². The molecule has 0 spiro atoms. The summed E-state index contributed by atoms with van der Waals surface area (Å²) in [4.78, 5) is 28.6. The van der Waals surface area contributed by atoms with Gasteiger partial charge in [0.2, 0.25) is 5.91 Å². The van der Waals surface area contributed by atoms with Crippen LogP contribution < -0.4 is 10.6 Å². The number of benzene rings is 1. The molecule has 37 heavy (non-hydrogen) atoms. The summed E-state index contributed by atoms with van der Waals surface area (Å²) >= 11 is 0. The summed E-state index contributed by atoms with van der Waals surface area (Å²) in [6, 6.07) is 9.98. The number of unbranched alkanes of at least 4 members (excludes halogenated alkanes) is 2. The first-order chi connectivity index (χ1) is 17.9. The lowest BCUT2D eigenvalue weighted by Gasteiger charge is -2.14. The molecule has 3 heterocycles. The molecule has 3 aromatic heterocycles. The van der Waals surface area contributed by atoms with Crippen molar-refractivity contribution in [2.24, 2.45) is 14.1 Å². The van der Waals surface area contributed by atoms with Crippen LogP contribution in [0.25, 0.3) is 22.6 Å². The van der Waals surface area contributed by atoms with Crippen LogP contribution in [-0.4, -0.2) is 50.0 Å². The van der Waals surface area contributed by atoms with Crippen LogP contribution in [0.1, 0.15) is 54.3 Å². The van der Waals surface area contributed by atoms with Gasteiger partial charge in [0, 0.05) is 57.6 Å². The van der Waals surface area contributed by atoms with Gasteiger partial charge in [0.15, 0.2) is 11.7 Å². The third kappa shape index (κ3) is 6.93. The molecule has 1 unspecified atom stereocenters. The Hall–Kier alpha value is -4.21. The normalized spacial score (nSPS) is 11.9. The van der Waals surface area contributed by atoms with Crippen molar-refractivity contribution >= 4 is 11.8 Å². The van der Waals surface area contributed by atoms with Crippen molar-refractivity contribution in [1.82, 2.24) is 35.2 Å². The molecule has 0 saturated heterocycles. The lowest BCUT2D eigenvalue weighted by atomic mass is 10.00. The molecule has 4 aromatic rings. The van der Waals surface area contributed by atoms with Gasteiger partial charge in [-0.2, -0.15) is 10.2 Å². The SMILES string of the molecule is CNC(=O)CCCCCC(CNC(=O)c1cnn(C)c1)c1ncc(-c2ccc(-c3ccn(C)n3)cc2)o1. The van der Waals surface area contributed by atoms with Gasteiger partial charge in [0.1, 0.15) is 0 Å². The van der Waals surface area contributed by atoms with E-state index in [0.717, 1.165) is 42.5 Å². The van der Waals surface area contributed by atoms with Crippen LogP contribution in [0.2, 0.25) is 0 Å². The molecule has 0 saturated carbocycles. The van der Waals surface area contributed by atoms with Crippen molar-refractivity contribution in [3.63, 3.8) is 0 Å². The maximum atomic E-state index is 12.6. The molecule has 1 atom stereocenters. The van der Waals surface area contributed by atoms with E-state index in [2.05, 4.69) is 25.8 Å². The lowest BCUT2D eigenvalue weighted by molar-refractivity contribution is -0.120. The zero-order chi connectivity index (χ0) is 26.2. The lowest BCUT2D eigenvalue weighted by Crippen LogP contribution is -2.28. The number of aromatic nitrogens is 5. The minimum Gasteiger partial charge on any atom is -0.440 e. The molecule has 0 bridgehead atoms. The number of rotatable bonds is 12. The molecule has 0 aliphatic carbocycles. The highest BCUT2D eigenvalue weighted by atomic mass is 16.4. The van der Waals surface area contributed by atoms with Crippen LogP contribution in [0.15, 0.2) is 59.5 Å². The largest absolute Gasteiger partial charge is 0.440 e. The number of carbonyl (C=O) groups excluding carboxylic acids is 2. The number of oxazole rings is 1. The first-order valence-corrected chi connectivity index (χ1v) is 12.5. The second-order valence-corrected chi connectivity index (χ2v) is 9.10. The molecule has 0 aliphatic rings. The monoisotopic (exact) mass is 503 g/mol. The van der Waals surface area contributed by atoms with E-state index in [1.165, 1.54) is 0 Å². The molecule has 0 fully saturated rings. The van der Waals surface area contributed by atoms with Gasteiger partial charge in [0.05, 0.1) is 29.6 Å². The number of hydrogen-bond donors (Lipinski definition) is 2. The predicted molar refractivity (Wildman–Crippen MR) is 140 cm³/mol. The second kappa shape index (κ2) is 12.2. The summed E-state index contributed by atoms with van der Waals surface area (Å²) < 4.78 is 9.54. The van der Waals surface area contributed by atoms with Crippen molar-refractivity contribution < 1.29 is 14.0 Å². The number of carbonyl (C=O) groups is 2. The molecular formula is C27H33N7O3. The average Bonchev–Trinajstić information content (AvgIpc) is 3.67. The summed E-state index contributed by atoms with van der Waals surface area (Å²) in [6.45, 7) is 0.391. The maximum Gasteiger partial charge on any atom is 0.254 e. The molecule has 4 rings (SSSR count). The quantitative estimate of drug-likeness (QED) is 0.285. The van der Waals surface area contributed by atoms with Crippen LogP contribution in [0.3, 0.4) is 0 Å². The highest BCUT2D eigenvalue weighted by molar-refractivity contribution is 5.93. The summed E-state index contributed by atoms with van der Waals surface area (Å²) in [6.07, 6.45) is 10.8. The smallest absolute Gasteiger partial charge is 0.254 e. The molecule has 194 valence electrons. The van der Waals surface area contributed by atoms with E-state index in [9.17, 15) is 9.59 Å². The third-order valence-electron chi connectivity index (χ3n) is 6.26. The first kappa shape index (κ1) is 25.9. The molecular weight excluding hydrogens is 470 g/mol. The van der Waals surface area contributed by atoms with Crippen molar-refractivity contribution in [3.05, 3.63) is 66.6 Å². The van der Waals surface area contributed by atoms with E-state index < -0.39 is 0 Å². The molecule has 2 N–H and O–H groups in total. The second-order valence-electron chi connectivity index (χ2n) is 9.10. The van der Waals surface area contributed by atoms with Crippen molar-refractivity contribution in [2.75, 3.05) is 13.6 Å². The van der Waals surface area contributed by atoms with Crippen LogP contribution in [0.5, 0.6) is 0 Å². The Labute approximate surface area is 216 Å². The van der Waals surface area contributed by atoms with Gasteiger partial charge in [-0.05, 0) is 18.9 Å². The third-order valence-corrected chi connectivity index (χ3v) is 6.26. The molecule has 1 aromatic carbocycles. The Morgan fingerprint density at radius 3 is 2.46 bits per heavy atom.